The Balaban J connectivity index is 1.52. The third-order valence-electron chi connectivity index (χ3n) is 6.78. The van der Waals surface area contributed by atoms with Crippen molar-refractivity contribution in [3.05, 3.63) is 119 Å². The number of ether oxygens (including phenoxy) is 3. The van der Waals surface area contributed by atoms with Gasteiger partial charge in [0.05, 0.1) is 20.8 Å². The molecular formula is C33H32F3N5O3. The van der Waals surface area contributed by atoms with E-state index in [0.717, 1.165) is 33.8 Å². The van der Waals surface area contributed by atoms with Gasteiger partial charge in [-0.15, -0.1) is 18.3 Å². The predicted octanol–water partition coefficient (Wildman–Crippen LogP) is 7.50. The number of methoxy groups -OCH3 is 2. The zero-order valence-corrected chi connectivity index (χ0v) is 24.5. The fraction of sp³-hybridized carbons (Fsp3) is 0.212. The van der Waals surface area contributed by atoms with Crippen molar-refractivity contribution in [3.8, 4) is 17.2 Å². The number of benzene rings is 4. The number of nitrogens with one attached hydrogen (secondary N) is 1. The van der Waals surface area contributed by atoms with Crippen LogP contribution in [0, 0.1) is 6.92 Å². The molecule has 1 heterocycles. The first kappa shape index (κ1) is 30.3. The average molecular weight is 604 g/mol. The molecule has 0 atom stereocenters. The van der Waals surface area contributed by atoms with Crippen molar-refractivity contribution < 1.29 is 27.4 Å². The Hall–Kier alpha value is -5.19. The minimum Gasteiger partial charge on any atom is -0.497 e. The second-order valence-electron chi connectivity index (χ2n) is 10.1. The summed E-state index contributed by atoms with van der Waals surface area (Å²) in [5.41, 5.74) is 4.57. The third kappa shape index (κ3) is 8.21. The maximum absolute atomic E-state index is 12.8. The maximum atomic E-state index is 12.8. The molecule has 5 rings (SSSR count). The first-order chi connectivity index (χ1) is 21.2. The second kappa shape index (κ2) is 13.4. The zero-order chi connectivity index (χ0) is 31.1. The van der Waals surface area contributed by atoms with Crippen molar-refractivity contribution in [2.45, 2.75) is 32.9 Å². The smallest absolute Gasteiger partial charge is 0.497 e. The zero-order valence-electron chi connectivity index (χ0n) is 24.5. The van der Waals surface area contributed by atoms with Crippen LogP contribution in [0.4, 0.5) is 30.8 Å². The largest absolute Gasteiger partial charge is 0.573 e. The number of aromatic nitrogens is 3. The van der Waals surface area contributed by atoms with Crippen LogP contribution in [0.15, 0.2) is 97.1 Å². The maximum Gasteiger partial charge on any atom is 0.573 e. The molecule has 5 aromatic rings. The number of rotatable bonds is 12. The van der Waals surface area contributed by atoms with E-state index in [1.54, 1.807) is 25.0 Å². The van der Waals surface area contributed by atoms with Crippen LogP contribution in [0.5, 0.6) is 17.2 Å². The monoisotopic (exact) mass is 603 g/mol. The first-order valence-corrected chi connectivity index (χ1v) is 13.8. The summed E-state index contributed by atoms with van der Waals surface area (Å²) in [5.74, 6) is 1.94. The molecule has 0 amide bonds. The van der Waals surface area contributed by atoms with Gasteiger partial charge in [0, 0.05) is 24.8 Å². The van der Waals surface area contributed by atoms with Gasteiger partial charge in [0.1, 0.15) is 17.2 Å². The lowest BCUT2D eigenvalue weighted by Crippen LogP contribution is -2.26. The Labute approximate surface area is 253 Å². The second-order valence-corrected chi connectivity index (χ2v) is 10.1. The van der Waals surface area contributed by atoms with E-state index in [4.69, 9.17) is 19.6 Å². The summed E-state index contributed by atoms with van der Waals surface area (Å²) < 4.78 is 55.0. The summed E-state index contributed by atoms with van der Waals surface area (Å²) in [6, 6.07) is 29.3. The molecule has 4 aromatic carbocycles. The van der Waals surface area contributed by atoms with E-state index in [1.165, 1.54) is 18.2 Å². The van der Waals surface area contributed by atoms with E-state index >= 15 is 0 Å². The van der Waals surface area contributed by atoms with Crippen molar-refractivity contribution in [2.24, 2.45) is 0 Å². The van der Waals surface area contributed by atoms with Gasteiger partial charge in [-0.25, -0.2) is 4.68 Å². The minimum absolute atomic E-state index is 0.223. The predicted molar refractivity (Wildman–Crippen MR) is 163 cm³/mol. The molecule has 0 aliphatic carbocycles. The quantitative estimate of drug-likeness (QED) is 0.158. The Morgan fingerprint density at radius 1 is 0.750 bits per heavy atom. The summed E-state index contributed by atoms with van der Waals surface area (Å²) >= 11 is 0. The van der Waals surface area contributed by atoms with E-state index in [0.29, 0.717) is 31.3 Å². The fourth-order valence-electron chi connectivity index (χ4n) is 4.59. The van der Waals surface area contributed by atoms with E-state index in [9.17, 15) is 13.2 Å². The molecule has 1 aromatic heterocycles. The van der Waals surface area contributed by atoms with Gasteiger partial charge >= 0.3 is 6.36 Å². The van der Waals surface area contributed by atoms with Crippen LogP contribution in [-0.4, -0.2) is 35.3 Å². The molecule has 0 saturated heterocycles. The van der Waals surface area contributed by atoms with Gasteiger partial charge in [-0.05, 0) is 60.0 Å². The number of halogens is 3. The minimum atomic E-state index is -4.80. The Morgan fingerprint density at radius 2 is 1.32 bits per heavy atom. The number of nitrogens with zero attached hydrogens (tertiary/aromatic N) is 4. The standard InChI is InChI=1S/C33H32F3N5O3/c1-23-7-9-24(10-8-23)20-40(21-25-11-15-28(42-2)16-12-25)32-38-31(37-27-5-4-6-30(19-27)44-33(34,35)36)39-41(32)22-26-13-17-29(43-3)18-14-26/h4-19H,20-22H2,1-3H3,(H,37,39). The average Bonchev–Trinajstić information content (AvgIpc) is 3.39. The summed E-state index contributed by atoms with van der Waals surface area (Å²) in [6.45, 7) is 3.46. The van der Waals surface area contributed by atoms with Gasteiger partial charge in [0.15, 0.2) is 0 Å². The molecular weight excluding hydrogens is 571 g/mol. The SMILES string of the molecule is COc1ccc(CN(Cc2ccc(C)cc2)c2nc(Nc3cccc(OC(F)(F)F)c3)nn2Cc2ccc(OC)cc2)cc1. The van der Waals surface area contributed by atoms with Gasteiger partial charge < -0.3 is 24.4 Å². The lowest BCUT2D eigenvalue weighted by Gasteiger charge is -2.24. The summed E-state index contributed by atoms with van der Waals surface area (Å²) in [4.78, 5) is 6.95. The van der Waals surface area contributed by atoms with Crippen LogP contribution >= 0.6 is 0 Å². The number of alkyl halides is 3. The Kier molecular flexibility index (Phi) is 9.23. The van der Waals surface area contributed by atoms with E-state index in [2.05, 4.69) is 39.2 Å². The molecule has 0 fully saturated rings. The Bertz CT molecular complexity index is 1650. The molecule has 0 aliphatic rings. The van der Waals surface area contributed by atoms with Crippen molar-refractivity contribution in [3.63, 3.8) is 0 Å². The molecule has 0 radical (unpaired) electrons. The number of anilines is 3. The fourth-order valence-corrected chi connectivity index (χ4v) is 4.59. The van der Waals surface area contributed by atoms with Crippen LogP contribution in [0.1, 0.15) is 22.3 Å². The van der Waals surface area contributed by atoms with Crippen LogP contribution < -0.4 is 24.4 Å². The molecule has 0 bridgehead atoms. The Morgan fingerprint density at radius 3 is 1.89 bits per heavy atom. The molecule has 228 valence electrons. The number of aryl methyl sites for hydroxylation is 1. The molecule has 11 heteroatoms. The van der Waals surface area contributed by atoms with Gasteiger partial charge in [-0.3, -0.25) is 0 Å². The molecule has 0 aliphatic heterocycles. The lowest BCUT2D eigenvalue weighted by atomic mass is 10.1. The molecule has 0 spiro atoms. The molecule has 1 N–H and O–H groups in total. The highest BCUT2D eigenvalue weighted by Gasteiger charge is 2.31. The summed E-state index contributed by atoms with van der Waals surface area (Å²) in [5, 5.41) is 7.78. The molecule has 0 saturated carbocycles. The van der Waals surface area contributed by atoms with Crippen LogP contribution in [0.25, 0.3) is 0 Å². The van der Waals surface area contributed by atoms with Crippen molar-refractivity contribution in [2.75, 3.05) is 24.4 Å². The van der Waals surface area contributed by atoms with E-state index in [1.807, 2.05) is 55.5 Å². The normalized spacial score (nSPS) is 11.2. The topological polar surface area (TPSA) is 73.7 Å². The van der Waals surface area contributed by atoms with Gasteiger partial charge in [0.25, 0.3) is 0 Å². The van der Waals surface area contributed by atoms with Crippen molar-refractivity contribution in [1.29, 1.82) is 0 Å². The number of hydrogen-bond donors (Lipinski definition) is 1. The highest BCUT2D eigenvalue weighted by atomic mass is 19.4. The van der Waals surface area contributed by atoms with Crippen LogP contribution in [0.3, 0.4) is 0 Å². The molecule has 0 unspecified atom stereocenters. The highest BCUT2D eigenvalue weighted by molar-refractivity contribution is 5.57. The first-order valence-electron chi connectivity index (χ1n) is 13.8. The summed E-state index contributed by atoms with van der Waals surface area (Å²) in [7, 11) is 3.24. The van der Waals surface area contributed by atoms with E-state index in [-0.39, 0.29) is 11.7 Å². The van der Waals surface area contributed by atoms with Gasteiger partial charge in [-0.1, -0.05) is 60.2 Å². The summed E-state index contributed by atoms with van der Waals surface area (Å²) in [6.07, 6.45) is -4.80. The molecule has 8 nitrogen and oxygen atoms in total. The molecule has 44 heavy (non-hydrogen) atoms. The van der Waals surface area contributed by atoms with Crippen molar-refractivity contribution in [1.82, 2.24) is 14.8 Å². The number of hydrogen-bond acceptors (Lipinski definition) is 7. The van der Waals surface area contributed by atoms with Crippen molar-refractivity contribution >= 4 is 17.6 Å². The lowest BCUT2D eigenvalue weighted by molar-refractivity contribution is -0.274. The van der Waals surface area contributed by atoms with E-state index < -0.39 is 6.36 Å². The van der Waals surface area contributed by atoms with Gasteiger partial charge in [-0.2, -0.15) is 4.98 Å². The highest BCUT2D eigenvalue weighted by Crippen LogP contribution is 2.28. The van der Waals surface area contributed by atoms with Gasteiger partial charge in [0.2, 0.25) is 11.9 Å². The van der Waals surface area contributed by atoms with Crippen LogP contribution in [-0.2, 0) is 19.6 Å². The third-order valence-corrected chi connectivity index (χ3v) is 6.78. The van der Waals surface area contributed by atoms with Crippen LogP contribution in [0.2, 0.25) is 0 Å².